The highest BCUT2D eigenvalue weighted by Gasteiger charge is 2.07. The summed E-state index contributed by atoms with van der Waals surface area (Å²) in [6.07, 6.45) is 7.30. The quantitative estimate of drug-likeness (QED) is 0.455. The van der Waals surface area contributed by atoms with Crippen molar-refractivity contribution in [2.75, 3.05) is 0 Å². The number of nitrogens with zero attached hydrogens (tertiary/aromatic N) is 5. The Hall–Kier alpha value is -3.02. The van der Waals surface area contributed by atoms with Gasteiger partial charge in [0.05, 0.1) is 6.21 Å². The minimum absolute atomic E-state index is 0.646. The van der Waals surface area contributed by atoms with E-state index in [9.17, 15) is 0 Å². The van der Waals surface area contributed by atoms with Gasteiger partial charge in [-0.1, -0.05) is 29.4 Å². The van der Waals surface area contributed by atoms with Crippen molar-refractivity contribution in [1.29, 1.82) is 0 Å². The van der Waals surface area contributed by atoms with Crippen molar-refractivity contribution in [3.63, 3.8) is 0 Å². The number of oxime groups is 1. The van der Waals surface area contributed by atoms with Crippen LogP contribution >= 0.6 is 0 Å². The Balaban J connectivity index is 1.91. The Morgan fingerprint density at radius 2 is 2.18 bits per heavy atom. The summed E-state index contributed by atoms with van der Waals surface area (Å²) >= 11 is 0. The summed E-state index contributed by atoms with van der Waals surface area (Å²) in [5.41, 5.74) is 4.07. The van der Waals surface area contributed by atoms with Gasteiger partial charge in [-0.05, 0) is 41.8 Å². The highest BCUT2D eigenvalue weighted by atomic mass is 16.4. The van der Waals surface area contributed by atoms with E-state index in [-0.39, 0.29) is 0 Å². The maximum Gasteiger partial charge on any atom is 0.177 e. The molecule has 1 N–H and O–H groups in total. The molecule has 0 spiro atoms. The molecule has 0 aliphatic carbocycles. The predicted octanol–water partition coefficient (Wildman–Crippen LogP) is 2.50. The maximum absolute atomic E-state index is 8.43. The van der Waals surface area contributed by atoms with Gasteiger partial charge in [-0.15, -0.1) is 10.2 Å². The second-order valence-electron chi connectivity index (χ2n) is 4.90. The fourth-order valence-corrected chi connectivity index (χ4v) is 2.25. The van der Waals surface area contributed by atoms with E-state index in [1.165, 1.54) is 6.21 Å². The Morgan fingerprint density at radius 1 is 1.27 bits per heavy atom. The summed E-state index contributed by atoms with van der Waals surface area (Å²) in [6, 6.07) is 9.92. The fourth-order valence-electron chi connectivity index (χ4n) is 2.25. The van der Waals surface area contributed by atoms with Gasteiger partial charge in [0.15, 0.2) is 11.5 Å². The molecular formula is C16H15N5O. The number of benzene rings is 1. The van der Waals surface area contributed by atoms with Crippen LogP contribution in [0, 0.1) is 6.92 Å². The van der Waals surface area contributed by atoms with E-state index in [4.69, 9.17) is 5.21 Å². The molecule has 2 aromatic heterocycles. The van der Waals surface area contributed by atoms with Crippen molar-refractivity contribution in [1.82, 2.24) is 19.8 Å². The van der Waals surface area contributed by atoms with Crippen LogP contribution < -0.4 is 0 Å². The smallest absolute Gasteiger partial charge is 0.177 e. The molecular weight excluding hydrogens is 278 g/mol. The van der Waals surface area contributed by atoms with Crippen molar-refractivity contribution in [2.45, 2.75) is 13.3 Å². The van der Waals surface area contributed by atoms with Gasteiger partial charge in [-0.25, -0.2) is 0 Å². The van der Waals surface area contributed by atoms with Gasteiger partial charge in [0.25, 0.3) is 0 Å². The number of hydrogen-bond donors (Lipinski definition) is 1. The highest BCUT2D eigenvalue weighted by molar-refractivity contribution is 5.78. The van der Waals surface area contributed by atoms with Crippen molar-refractivity contribution in [3.8, 4) is 0 Å². The maximum atomic E-state index is 8.43. The van der Waals surface area contributed by atoms with E-state index in [0.29, 0.717) is 6.42 Å². The molecule has 0 radical (unpaired) electrons. The van der Waals surface area contributed by atoms with E-state index in [2.05, 4.69) is 38.7 Å². The fraction of sp³-hybridized carbons (Fsp3) is 0.125. The molecule has 110 valence electrons. The lowest BCUT2D eigenvalue weighted by Crippen LogP contribution is -1.99. The molecule has 0 saturated heterocycles. The van der Waals surface area contributed by atoms with Gasteiger partial charge in [0, 0.05) is 12.6 Å². The molecule has 0 fully saturated rings. The van der Waals surface area contributed by atoms with Crippen LogP contribution in [0.3, 0.4) is 0 Å². The summed E-state index contributed by atoms with van der Waals surface area (Å²) in [5, 5.41) is 24.0. The zero-order chi connectivity index (χ0) is 15.4. The molecule has 0 aliphatic heterocycles. The minimum Gasteiger partial charge on any atom is -0.411 e. The first-order chi connectivity index (χ1) is 10.8. The van der Waals surface area contributed by atoms with Crippen LogP contribution in [0.1, 0.15) is 22.5 Å². The van der Waals surface area contributed by atoms with E-state index in [1.54, 1.807) is 16.8 Å². The first-order valence-electron chi connectivity index (χ1n) is 6.87. The lowest BCUT2D eigenvalue weighted by molar-refractivity contribution is 0.322. The third-order valence-electron chi connectivity index (χ3n) is 3.38. The molecule has 0 unspecified atom stereocenters. The topological polar surface area (TPSA) is 75.7 Å². The largest absolute Gasteiger partial charge is 0.411 e. The molecule has 3 rings (SSSR count). The number of rotatable bonds is 4. The van der Waals surface area contributed by atoms with Crippen LogP contribution in [0.4, 0.5) is 0 Å². The molecule has 0 atom stereocenters. The van der Waals surface area contributed by atoms with Crippen LogP contribution in [-0.2, 0) is 6.42 Å². The van der Waals surface area contributed by atoms with Gasteiger partial charge in [0.1, 0.15) is 0 Å². The molecule has 0 saturated carbocycles. The number of allylic oxidation sites excluding steroid dienone is 1. The van der Waals surface area contributed by atoms with Crippen LogP contribution in [0.5, 0.6) is 0 Å². The van der Waals surface area contributed by atoms with Crippen LogP contribution in [0.2, 0.25) is 0 Å². The molecule has 6 heteroatoms. The molecule has 0 aliphatic rings. The van der Waals surface area contributed by atoms with Gasteiger partial charge in [-0.3, -0.25) is 0 Å². The molecule has 3 aromatic rings. The Morgan fingerprint density at radius 3 is 3.05 bits per heavy atom. The predicted molar refractivity (Wildman–Crippen MR) is 84.1 cm³/mol. The highest BCUT2D eigenvalue weighted by Crippen LogP contribution is 2.15. The van der Waals surface area contributed by atoms with E-state index in [1.807, 2.05) is 25.1 Å². The Labute approximate surface area is 127 Å². The second-order valence-corrected chi connectivity index (χ2v) is 4.90. The van der Waals surface area contributed by atoms with Crippen molar-refractivity contribution in [3.05, 3.63) is 65.1 Å². The zero-order valence-corrected chi connectivity index (χ0v) is 12.1. The van der Waals surface area contributed by atoms with Crippen molar-refractivity contribution in [2.24, 2.45) is 5.16 Å². The summed E-state index contributed by atoms with van der Waals surface area (Å²) in [6.45, 7) is 2.04. The second kappa shape index (κ2) is 6.17. The van der Waals surface area contributed by atoms with Crippen LogP contribution in [0.25, 0.3) is 11.7 Å². The van der Waals surface area contributed by atoms with Gasteiger partial charge >= 0.3 is 0 Å². The molecule has 0 amide bonds. The first kappa shape index (κ1) is 13.9. The zero-order valence-electron chi connectivity index (χ0n) is 12.1. The average Bonchev–Trinajstić information content (AvgIpc) is 2.94. The third-order valence-corrected chi connectivity index (χ3v) is 3.38. The normalized spacial score (nSPS) is 11.9. The lowest BCUT2D eigenvalue weighted by Gasteiger charge is -2.05. The van der Waals surface area contributed by atoms with Crippen molar-refractivity contribution >= 4 is 17.9 Å². The number of hydrogen-bond acceptors (Lipinski definition) is 5. The third kappa shape index (κ3) is 2.85. The SMILES string of the molecule is Cc1ccc(Cc2nnc3cccnn23)cc1/C=C\C=N\O. The summed E-state index contributed by atoms with van der Waals surface area (Å²) in [5.74, 6) is 0.798. The van der Waals surface area contributed by atoms with Gasteiger partial charge in [0.2, 0.25) is 0 Å². The number of fused-ring (bicyclic) bond motifs is 1. The van der Waals surface area contributed by atoms with Crippen molar-refractivity contribution < 1.29 is 5.21 Å². The monoisotopic (exact) mass is 293 g/mol. The first-order valence-corrected chi connectivity index (χ1v) is 6.87. The van der Waals surface area contributed by atoms with Gasteiger partial charge in [-0.2, -0.15) is 9.61 Å². The standard InChI is InChI=1S/C16H15N5O/c1-12-6-7-13(10-14(12)4-2-9-18-22)11-16-20-19-15-5-3-8-17-21(15)16/h2-10,22H,11H2,1H3/b4-2-,18-9+. The summed E-state index contributed by atoms with van der Waals surface area (Å²) in [7, 11) is 0. The summed E-state index contributed by atoms with van der Waals surface area (Å²) in [4.78, 5) is 0. The molecule has 0 bridgehead atoms. The van der Waals surface area contributed by atoms with Gasteiger partial charge < -0.3 is 5.21 Å². The summed E-state index contributed by atoms with van der Waals surface area (Å²) < 4.78 is 1.74. The van der Waals surface area contributed by atoms with Crippen LogP contribution in [0.15, 0.2) is 47.8 Å². The molecule has 2 heterocycles. The molecule has 1 aromatic carbocycles. The van der Waals surface area contributed by atoms with Crippen LogP contribution in [-0.4, -0.2) is 31.2 Å². The molecule has 22 heavy (non-hydrogen) atoms. The van der Waals surface area contributed by atoms with E-state index in [0.717, 1.165) is 28.2 Å². The Kier molecular flexibility index (Phi) is 3.91. The molecule has 6 nitrogen and oxygen atoms in total. The lowest BCUT2D eigenvalue weighted by atomic mass is 10.0. The number of aryl methyl sites for hydroxylation is 1. The van der Waals surface area contributed by atoms with E-state index < -0.39 is 0 Å². The van der Waals surface area contributed by atoms with E-state index >= 15 is 0 Å². The number of aromatic nitrogens is 4. The minimum atomic E-state index is 0.646. The Bertz CT molecular complexity index is 851. The average molecular weight is 293 g/mol.